The first-order valence-electron chi connectivity index (χ1n) is 6.22. The Labute approximate surface area is 115 Å². The number of hydrogen-bond donors (Lipinski definition) is 2. The molecular weight excluding hydrogens is 262 g/mol. The summed E-state index contributed by atoms with van der Waals surface area (Å²) in [6, 6.07) is 3.72. The molecule has 3 N–H and O–H groups in total. The third-order valence-corrected chi connectivity index (χ3v) is 3.98. The van der Waals surface area contributed by atoms with Crippen molar-refractivity contribution in [2.45, 2.75) is 13.3 Å². The average molecular weight is 279 g/mol. The molecule has 0 aromatic carbocycles. The second kappa shape index (κ2) is 5.99. The first-order valence-corrected chi connectivity index (χ1v) is 7.03. The summed E-state index contributed by atoms with van der Waals surface area (Å²) in [6.07, 6.45) is 2.51. The summed E-state index contributed by atoms with van der Waals surface area (Å²) in [5, 5.41) is 9.03. The van der Waals surface area contributed by atoms with Gasteiger partial charge in [-0.3, -0.25) is 9.78 Å². The fraction of sp³-hybridized carbons (Fsp3) is 0.385. The second-order valence-electron chi connectivity index (χ2n) is 4.21. The van der Waals surface area contributed by atoms with E-state index in [4.69, 9.17) is 10.8 Å². The van der Waals surface area contributed by atoms with Crippen LogP contribution in [0.2, 0.25) is 0 Å². The summed E-state index contributed by atoms with van der Waals surface area (Å²) < 4.78 is 0.906. The Morgan fingerprint density at radius 2 is 2.32 bits per heavy atom. The maximum atomic E-state index is 12.4. The maximum Gasteiger partial charge on any atom is 0.266 e. The number of thiophene rings is 1. The van der Waals surface area contributed by atoms with Gasteiger partial charge in [0.25, 0.3) is 5.91 Å². The molecule has 0 atom stereocenters. The molecule has 2 aromatic heterocycles. The van der Waals surface area contributed by atoms with E-state index in [0.29, 0.717) is 29.2 Å². The van der Waals surface area contributed by atoms with Gasteiger partial charge in [-0.25, -0.2) is 0 Å². The molecular formula is C13H17N3O2S. The number of nitrogens with two attached hydrogens (primary N) is 1. The SMILES string of the molecule is CCCN(CCO)C(=O)c1sc2cccnc2c1N. The van der Waals surface area contributed by atoms with Crippen LogP contribution in [0.15, 0.2) is 18.3 Å². The van der Waals surface area contributed by atoms with Crippen LogP contribution >= 0.6 is 11.3 Å². The molecule has 0 fully saturated rings. The average Bonchev–Trinajstić information content (AvgIpc) is 2.76. The van der Waals surface area contributed by atoms with E-state index in [1.54, 1.807) is 11.1 Å². The minimum atomic E-state index is -0.128. The lowest BCUT2D eigenvalue weighted by Gasteiger charge is -2.20. The molecule has 6 heteroatoms. The molecule has 0 saturated heterocycles. The Morgan fingerprint density at radius 3 is 2.95 bits per heavy atom. The Kier molecular flexibility index (Phi) is 4.34. The maximum absolute atomic E-state index is 12.4. The zero-order chi connectivity index (χ0) is 13.8. The van der Waals surface area contributed by atoms with Crippen LogP contribution in [0.25, 0.3) is 10.2 Å². The number of aliphatic hydroxyl groups is 1. The van der Waals surface area contributed by atoms with Gasteiger partial charge in [0, 0.05) is 19.3 Å². The highest BCUT2D eigenvalue weighted by atomic mass is 32.1. The van der Waals surface area contributed by atoms with Gasteiger partial charge in [0.15, 0.2) is 0 Å². The van der Waals surface area contributed by atoms with E-state index in [1.165, 1.54) is 11.3 Å². The number of fused-ring (bicyclic) bond motifs is 1. The van der Waals surface area contributed by atoms with Gasteiger partial charge in [-0.15, -0.1) is 11.3 Å². The van der Waals surface area contributed by atoms with Gasteiger partial charge in [0.05, 0.1) is 17.0 Å². The predicted molar refractivity (Wildman–Crippen MR) is 77.3 cm³/mol. The quantitative estimate of drug-likeness (QED) is 0.873. The fourth-order valence-corrected chi connectivity index (χ4v) is 3.00. The Morgan fingerprint density at radius 1 is 1.53 bits per heavy atom. The predicted octanol–water partition coefficient (Wildman–Crippen LogP) is 1.72. The van der Waals surface area contributed by atoms with Crippen molar-refractivity contribution in [3.63, 3.8) is 0 Å². The Bertz CT molecular complexity index is 576. The zero-order valence-corrected chi connectivity index (χ0v) is 11.6. The number of anilines is 1. The second-order valence-corrected chi connectivity index (χ2v) is 5.26. The van der Waals surface area contributed by atoms with Crippen LogP contribution in [-0.4, -0.2) is 40.6 Å². The molecule has 0 unspecified atom stereocenters. The summed E-state index contributed by atoms with van der Waals surface area (Å²) in [7, 11) is 0. The van der Waals surface area contributed by atoms with Crippen LogP contribution in [0.4, 0.5) is 5.69 Å². The number of pyridine rings is 1. The molecule has 0 bridgehead atoms. The number of aromatic nitrogens is 1. The van der Waals surface area contributed by atoms with Crippen molar-refractivity contribution in [1.29, 1.82) is 0 Å². The van der Waals surface area contributed by atoms with Crippen molar-refractivity contribution in [3.8, 4) is 0 Å². The molecule has 2 rings (SSSR count). The van der Waals surface area contributed by atoms with Crippen LogP contribution < -0.4 is 5.73 Å². The molecule has 0 aliphatic heterocycles. The lowest BCUT2D eigenvalue weighted by atomic mass is 10.3. The largest absolute Gasteiger partial charge is 0.396 e. The summed E-state index contributed by atoms with van der Waals surface area (Å²) in [5.74, 6) is -0.128. The summed E-state index contributed by atoms with van der Waals surface area (Å²) in [6.45, 7) is 2.89. The molecule has 5 nitrogen and oxygen atoms in total. The van der Waals surface area contributed by atoms with Crippen molar-refractivity contribution in [2.75, 3.05) is 25.4 Å². The fourth-order valence-electron chi connectivity index (χ4n) is 1.96. The van der Waals surface area contributed by atoms with Gasteiger partial charge in [0.1, 0.15) is 10.4 Å². The highest BCUT2D eigenvalue weighted by molar-refractivity contribution is 7.21. The van der Waals surface area contributed by atoms with Crippen molar-refractivity contribution in [3.05, 3.63) is 23.2 Å². The number of carbonyl (C=O) groups excluding carboxylic acids is 1. The van der Waals surface area contributed by atoms with Gasteiger partial charge in [-0.05, 0) is 18.6 Å². The highest BCUT2D eigenvalue weighted by Gasteiger charge is 2.21. The lowest BCUT2D eigenvalue weighted by molar-refractivity contribution is 0.0728. The van der Waals surface area contributed by atoms with E-state index in [-0.39, 0.29) is 12.5 Å². The van der Waals surface area contributed by atoms with Crippen molar-refractivity contribution in [1.82, 2.24) is 9.88 Å². The Hall–Kier alpha value is -1.66. The van der Waals surface area contributed by atoms with Crippen LogP contribution in [0.3, 0.4) is 0 Å². The molecule has 0 aliphatic rings. The van der Waals surface area contributed by atoms with Gasteiger partial charge in [-0.2, -0.15) is 0 Å². The molecule has 2 aromatic rings. The van der Waals surface area contributed by atoms with E-state index in [2.05, 4.69) is 4.98 Å². The van der Waals surface area contributed by atoms with Gasteiger partial charge < -0.3 is 15.7 Å². The third kappa shape index (κ3) is 2.69. The smallest absolute Gasteiger partial charge is 0.266 e. The number of nitrogen functional groups attached to an aromatic ring is 1. The van der Waals surface area contributed by atoms with Gasteiger partial charge >= 0.3 is 0 Å². The highest BCUT2D eigenvalue weighted by Crippen LogP contribution is 2.32. The molecule has 0 spiro atoms. The van der Waals surface area contributed by atoms with E-state index in [0.717, 1.165) is 11.1 Å². The van der Waals surface area contributed by atoms with E-state index < -0.39 is 0 Å². The number of nitrogens with zero attached hydrogens (tertiary/aromatic N) is 2. The topological polar surface area (TPSA) is 79.5 Å². The van der Waals surface area contributed by atoms with E-state index >= 15 is 0 Å². The van der Waals surface area contributed by atoms with Crippen LogP contribution in [0.1, 0.15) is 23.0 Å². The zero-order valence-electron chi connectivity index (χ0n) is 10.8. The molecule has 1 amide bonds. The van der Waals surface area contributed by atoms with Gasteiger partial charge in [-0.1, -0.05) is 6.92 Å². The summed E-state index contributed by atoms with van der Waals surface area (Å²) in [5.41, 5.74) is 7.12. The van der Waals surface area contributed by atoms with Gasteiger partial charge in [0.2, 0.25) is 0 Å². The summed E-state index contributed by atoms with van der Waals surface area (Å²) in [4.78, 5) is 18.8. The van der Waals surface area contributed by atoms with E-state index in [9.17, 15) is 4.79 Å². The minimum absolute atomic E-state index is 0.0468. The Balaban J connectivity index is 2.37. The van der Waals surface area contributed by atoms with Crippen LogP contribution in [0, 0.1) is 0 Å². The van der Waals surface area contributed by atoms with Crippen molar-refractivity contribution < 1.29 is 9.90 Å². The minimum Gasteiger partial charge on any atom is -0.396 e. The van der Waals surface area contributed by atoms with Crippen molar-refractivity contribution >= 4 is 33.1 Å². The number of amides is 1. The molecule has 2 heterocycles. The molecule has 19 heavy (non-hydrogen) atoms. The molecule has 0 saturated carbocycles. The van der Waals surface area contributed by atoms with Crippen LogP contribution in [-0.2, 0) is 0 Å². The molecule has 0 radical (unpaired) electrons. The molecule has 102 valence electrons. The summed E-state index contributed by atoms with van der Waals surface area (Å²) >= 11 is 1.35. The first kappa shape index (κ1) is 13.8. The standard InChI is InChI=1S/C13H17N3O2S/c1-2-6-16(7-8-17)13(18)12-10(14)11-9(19-12)4-3-5-15-11/h3-5,17H,2,6-8,14H2,1H3. The first-order chi connectivity index (χ1) is 9.19. The van der Waals surface area contributed by atoms with Crippen LogP contribution in [0.5, 0.6) is 0 Å². The van der Waals surface area contributed by atoms with E-state index in [1.807, 2.05) is 19.1 Å². The molecule has 0 aliphatic carbocycles. The monoisotopic (exact) mass is 279 g/mol. The third-order valence-electron chi connectivity index (χ3n) is 2.83. The lowest BCUT2D eigenvalue weighted by Crippen LogP contribution is -2.34. The number of carbonyl (C=O) groups is 1. The number of hydrogen-bond acceptors (Lipinski definition) is 5. The number of aliphatic hydroxyl groups excluding tert-OH is 1. The number of rotatable bonds is 5. The van der Waals surface area contributed by atoms with Crippen molar-refractivity contribution in [2.24, 2.45) is 0 Å². The normalized spacial score (nSPS) is 10.8.